The monoisotopic (exact) mass is 262 g/mol. The first kappa shape index (κ1) is 14.3. The van der Waals surface area contributed by atoms with E-state index in [1.54, 1.807) is 0 Å². The van der Waals surface area contributed by atoms with E-state index in [2.05, 4.69) is 41.0 Å². The van der Waals surface area contributed by atoms with Crippen LogP contribution in [-0.4, -0.2) is 40.5 Å². The van der Waals surface area contributed by atoms with Crippen molar-refractivity contribution in [1.29, 1.82) is 0 Å². The van der Waals surface area contributed by atoms with Crippen LogP contribution in [0.25, 0.3) is 0 Å². The third kappa shape index (κ3) is 4.16. The first-order chi connectivity index (χ1) is 8.95. The van der Waals surface area contributed by atoms with E-state index in [0.29, 0.717) is 6.04 Å². The summed E-state index contributed by atoms with van der Waals surface area (Å²) in [5, 5.41) is 3.59. The molecule has 106 valence electrons. The molecular formula is C15H26N4. The van der Waals surface area contributed by atoms with Crippen molar-refractivity contribution in [2.24, 2.45) is 5.41 Å². The molecule has 1 aliphatic heterocycles. The van der Waals surface area contributed by atoms with Gasteiger partial charge in [-0.15, -0.1) is 0 Å². The standard InChI is InChI=1S/C15H26N4/c1-12-16-8-7-14(17-12)18-13(15(2,3)4)11-19-9-5-6-10-19/h7-8,13H,5-6,9-11H2,1-4H3,(H,16,17,18). The molecule has 0 aromatic carbocycles. The van der Waals surface area contributed by atoms with Gasteiger partial charge in [0.1, 0.15) is 11.6 Å². The van der Waals surface area contributed by atoms with E-state index in [0.717, 1.165) is 18.2 Å². The second-order valence-electron chi connectivity index (χ2n) is 6.56. The molecule has 1 saturated heterocycles. The zero-order valence-corrected chi connectivity index (χ0v) is 12.6. The lowest BCUT2D eigenvalue weighted by Crippen LogP contribution is -2.43. The molecule has 1 N–H and O–H groups in total. The molecule has 0 aliphatic carbocycles. The van der Waals surface area contributed by atoms with Crippen LogP contribution in [0.5, 0.6) is 0 Å². The van der Waals surface area contributed by atoms with Crippen molar-refractivity contribution in [1.82, 2.24) is 14.9 Å². The summed E-state index contributed by atoms with van der Waals surface area (Å²) >= 11 is 0. The molecule has 0 bridgehead atoms. The minimum atomic E-state index is 0.210. The number of hydrogen-bond donors (Lipinski definition) is 1. The molecule has 0 saturated carbocycles. The maximum atomic E-state index is 4.46. The molecule has 4 nitrogen and oxygen atoms in total. The van der Waals surface area contributed by atoms with Crippen LogP contribution in [0.4, 0.5) is 5.82 Å². The third-order valence-corrected chi connectivity index (χ3v) is 3.78. The highest BCUT2D eigenvalue weighted by molar-refractivity contribution is 5.35. The van der Waals surface area contributed by atoms with Crippen molar-refractivity contribution in [3.63, 3.8) is 0 Å². The fraction of sp³-hybridized carbons (Fsp3) is 0.733. The van der Waals surface area contributed by atoms with Crippen LogP contribution in [0.15, 0.2) is 12.3 Å². The SMILES string of the molecule is Cc1nccc(NC(CN2CCCC2)C(C)(C)C)n1. The largest absolute Gasteiger partial charge is 0.365 e. The Morgan fingerprint density at radius 3 is 2.58 bits per heavy atom. The Labute approximate surface area is 116 Å². The molecule has 1 atom stereocenters. The number of aryl methyl sites for hydroxylation is 1. The van der Waals surface area contributed by atoms with Gasteiger partial charge in [0.05, 0.1) is 0 Å². The van der Waals surface area contributed by atoms with E-state index in [9.17, 15) is 0 Å². The predicted octanol–water partition coefficient (Wildman–Crippen LogP) is 2.71. The van der Waals surface area contributed by atoms with Gasteiger partial charge in [0.25, 0.3) is 0 Å². The Balaban J connectivity index is 2.05. The molecule has 0 amide bonds. The molecule has 1 fully saturated rings. The molecule has 1 aliphatic rings. The van der Waals surface area contributed by atoms with Gasteiger partial charge in [0.15, 0.2) is 0 Å². The van der Waals surface area contributed by atoms with E-state index in [4.69, 9.17) is 0 Å². The maximum absolute atomic E-state index is 4.46. The second kappa shape index (κ2) is 5.87. The third-order valence-electron chi connectivity index (χ3n) is 3.78. The van der Waals surface area contributed by atoms with E-state index in [1.165, 1.54) is 25.9 Å². The quantitative estimate of drug-likeness (QED) is 0.906. The van der Waals surface area contributed by atoms with Gasteiger partial charge in [-0.25, -0.2) is 9.97 Å². The number of nitrogens with zero attached hydrogens (tertiary/aromatic N) is 3. The summed E-state index contributed by atoms with van der Waals surface area (Å²) in [6.45, 7) is 12.3. The van der Waals surface area contributed by atoms with Crippen molar-refractivity contribution < 1.29 is 0 Å². The highest BCUT2D eigenvalue weighted by Crippen LogP contribution is 2.24. The Kier molecular flexibility index (Phi) is 4.40. The number of anilines is 1. The highest BCUT2D eigenvalue weighted by atomic mass is 15.2. The number of nitrogens with one attached hydrogen (secondary N) is 1. The van der Waals surface area contributed by atoms with E-state index >= 15 is 0 Å². The summed E-state index contributed by atoms with van der Waals surface area (Å²) in [4.78, 5) is 11.2. The summed E-state index contributed by atoms with van der Waals surface area (Å²) in [7, 11) is 0. The van der Waals surface area contributed by atoms with Gasteiger partial charge in [0.2, 0.25) is 0 Å². The number of aromatic nitrogens is 2. The van der Waals surface area contributed by atoms with Crippen molar-refractivity contribution >= 4 is 5.82 Å². The lowest BCUT2D eigenvalue weighted by atomic mass is 9.86. The van der Waals surface area contributed by atoms with Gasteiger partial charge in [-0.2, -0.15) is 0 Å². The lowest BCUT2D eigenvalue weighted by molar-refractivity contribution is 0.240. The normalized spacial score (nSPS) is 18.5. The molecule has 2 heterocycles. The number of rotatable bonds is 4. The average Bonchev–Trinajstić information content (AvgIpc) is 2.80. The first-order valence-electron chi connectivity index (χ1n) is 7.24. The zero-order chi connectivity index (χ0) is 13.9. The summed E-state index contributed by atoms with van der Waals surface area (Å²) in [5.41, 5.74) is 0.210. The van der Waals surface area contributed by atoms with E-state index in [-0.39, 0.29) is 5.41 Å². The lowest BCUT2D eigenvalue weighted by Gasteiger charge is -2.35. The van der Waals surface area contributed by atoms with Crippen LogP contribution in [0.2, 0.25) is 0 Å². The van der Waals surface area contributed by atoms with Crippen LogP contribution in [0.1, 0.15) is 39.4 Å². The smallest absolute Gasteiger partial charge is 0.129 e. The summed E-state index contributed by atoms with van der Waals surface area (Å²) < 4.78 is 0. The molecule has 4 heteroatoms. The zero-order valence-electron chi connectivity index (χ0n) is 12.6. The molecule has 0 spiro atoms. The Morgan fingerprint density at radius 2 is 2.00 bits per heavy atom. The number of hydrogen-bond acceptors (Lipinski definition) is 4. The van der Waals surface area contributed by atoms with Gasteiger partial charge in [-0.3, -0.25) is 0 Å². The Hall–Kier alpha value is -1.16. The van der Waals surface area contributed by atoms with E-state index < -0.39 is 0 Å². The van der Waals surface area contributed by atoms with Gasteiger partial charge in [0, 0.05) is 18.8 Å². The van der Waals surface area contributed by atoms with Gasteiger partial charge in [-0.05, 0) is 44.3 Å². The van der Waals surface area contributed by atoms with Crippen LogP contribution in [0, 0.1) is 12.3 Å². The van der Waals surface area contributed by atoms with Crippen LogP contribution in [-0.2, 0) is 0 Å². The highest BCUT2D eigenvalue weighted by Gasteiger charge is 2.28. The van der Waals surface area contributed by atoms with E-state index in [1.807, 2.05) is 19.2 Å². The molecule has 0 radical (unpaired) electrons. The number of likely N-dealkylation sites (tertiary alicyclic amines) is 1. The molecule has 19 heavy (non-hydrogen) atoms. The summed E-state index contributed by atoms with van der Waals surface area (Å²) in [6, 6.07) is 2.36. The molecular weight excluding hydrogens is 236 g/mol. The van der Waals surface area contributed by atoms with Crippen molar-refractivity contribution in [2.45, 2.75) is 46.6 Å². The van der Waals surface area contributed by atoms with Crippen LogP contribution < -0.4 is 5.32 Å². The van der Waals surface area contributed by atoms with Crippen molar-refractivity contribution in [3.05, 3.63) is 18.1 Å². The fourth-order valence-electron chi connectivity index (χ4n) is 2.47. The topological polar surface area (TPSA) is 41.1 Å². The van der Waals surface area contributed by atoms with Gasteiger partial charge in [-0.1, -0.05) is 20.8 Å². The fourth-order valence-corrected chi connectivity index (χ4v) is 2.47. The van der Waals surface area contributed by atoms with Gasteiger partial charge < -0.3 is 10.2 Å². The molecule has 1 unspecified atom stereocenters. The molecule has 2 rings (SSSR count). The maximum Gasteiger partial charge on any atom is 0.129 e. The minimum absolute atomic E-state index is 0.210. The van der Waals surface area contributed by atoms with Crippen LogP contribution in [0.3, 0.4) is 0 Å². The molecule has 1 aromatic rings. The van der Waals surface area contributed by atoms with Crippen molar-refractivity contribution in [3.8, 4) is 0 Å². The Morgan fingerprint density at radius 1 is 1.32 bits per heavy atom. The van der Waals surface area contributed by atoms with Crippen LogP contribution >= 0.6 is 0 Å². The van der Waals surface area contributed by atoms with Gasteiger partial charge >= 0.3 is 0 Å². The summed E-state index contributed by atoms with van der Waals surface area (Å²) in [6.07, 6.45) is 4.49. The summed E-state index contributed by atoms with van der Waals surface area (Å²) in [5.74, 6) is 1.76. The average molecular weight is 262 g/mol. The minimum Gasteiger partial charge on any atom is -0.365 e. The predicted molar refractivity (Wildman–Crippen MR) is 79.3 cm³/mol. The first-order valence-corrected chi connectivity index (χ1v) is 7.24. The van der Waals surface area contributed by atoms with Crippen molar-refractivity contribution in [2.75, 3.05) is 25.0 Å². The Bertz CT molecular complexity index is 405. The second-order valence-corrected chi connectivity index (χ2v) is 6.56. The molecule has 1 aromatic heterocycles.